The van der Waals surface area contributed by atoms with Gasteiger partial charge in [0.1, 0.15) is 11.5 Å². The number of rotatable bonds is 4. The molecule has 0 spiro atoms. The summed E-state index contributed by atoms with van der Waals surface area (Å²) in [5, 5.41) is 2.93. The molecule has 1 heterocycles. The Kier molecular flexibility index (Phi) is 4.32. The predicted octanol–water partition coefficient (Wildman–Crippen LogP) is 2.78. The number of sulfonamides is 1. The first-order valence-corrected chi connectivity index (χ1v) is 8.93. The molecule has 1 amide bonds. The second kappa shape index (κ2) is 6.30. The van der Waals surface area contributed by atoms with E-state index in [1.807, 2.05) is 0 Å². The number of carbonyl (C=O) groups is 1. The second-order valence-electron chi connectivity index (χ2n) is 5.53. The zero-order valence-corrected chi connectivity index (χ0v) is 14.4. The zero-order chi connectivity index (χ0) is 18.2. The topological polar surface area (TPSA) is 91.1 Å². The molecule has 25 heavy (non-hydrogen) atoms. The molecule has 0 aliphatic heterocycles. The molecule has 0 radical (unpaired) electrons. The van der Waals surface area contributed by atoms with Crippen LogP contribution in [0.1, 0.15) is 16.1 Å². The maximum atomic E-state index is 13.7. The average molecular weight is 361 g/mol. The molecule has 130 valence electrons. The highest BCUT2D eigenvalue weighted by atomic mass is 32.2. The van der Waals surface area contributed by atoms with Crippen molar-refractivity contribution in [1.29, 1.82) is 0 Å². The van der Waals surface area contributed by atoms with E-state index in [2.05, 4.69) is 15.0 Å². The fourth-order valence-corrected chi connectivity index (χ4v) is 3.51. The number of hydrogen-bond donors (Lipinski definition) is 3. The van der Waals surface area contributed by atoms with E-state index >= 15 is 0 Å². The van der Waals surface area contributed by atoms with Crippen LogP contribution in [0.15, 0.2) is 47.4 Å². The van der Waals surface area contributed by atoms with E-state index in [0.717, 1.165) is 0 Å². The van der Waals surface area contributed by atoms with Crippen molar-refractivity contribution in [3.8, 4) is 0 Å². The van der Waals surface area contributed by atoms with Crippen LogP contribution < -0.4 is 10.0 Å². The highest BCUT2D eigenvalue weighted by molar-refractivity contribution is 7.89. The van der Waals surface area contributed by atoms with Crippen molar-refractivity contribution < 1.29 is 17.6 Å². The number of H-pyrrole nitrogens is 1. The minimum atomic E-state index is -3.64. The number of anilines is 1. The van der Waals surface area contributed by atoms with E-state index in [-0.39, 0.29) is 10.6 Å². The Hall–Kier alpha value is -2.71. The summed E-state index contributed by atoms with van der Waals surface area (Å²) >= 11 is 0. The third-order valence-corrected chi connectivity index (χ3v) is 5.42. The Morgan fingerprint density at radius 1 is 1.16 bits per heavy atom. The van der Waals surface area contributed by atoms with Crippen LogP contribution in [0.4, 0.5) is 10.1 Å². The Morgan fingerprint density at radius 2 is 1.92 bits per heavy atom. The summed E-state index contributed by atoms with van der Waals surface area (Å²) in [5.74, 6) is -0.919. The quantitative estimate of drug-likeness (QED) is 0.667. The largest absolute Gasteiger partial charge is 0.350 e. The van der Waals surface area contributed by atoms with Gasteiger partial charge in [0.25, 0.3) is 5.91 Å². The highest BCUT2D eigenvalue weighted by Crippen LogP contribution is 2.22. The fraction of sp³-hybridized carbons (Fsp3) is 0.118. The highest BCUT2D eigenvalue weighted by Gasteiger charge is 2.17. The molecule has 0 saturated carbocycles. The molecule has 6 nitrogen and oxygen atoms in total. The molecule has 0 aliphatic rings. The molecule has 8 heteroatoms. The van der Waals surface area contributed by atoms with Gasteiger partial charge in [-0.3, -0.25) is 4.79 Å². The molecular formula is C17H16FN3O3S. The average Bonchev–Trinajstić information content (AvgIpc) is 3.02. The number of halogens is 1. The van der Waals surface area contributed by atoms with Gasteiger partial charge in [-0.05, 0) is 49.9 Å². The van der Waals surface area contributed by atoms with Crippen LogP contribution in [0.5, 0.6) is 0 Å². The molecule has 0 unspecified atom stereocenters. The lowest BCUT2D eigenvalue weighted by molar-refractivity contribution is 0.102. The normalized spacial score (nSPS) is 11.6. The Balaban J connectivity index is 1.92. The van der Waals surface area contributed by atoms with E-state index in [9.17, 15) is 17.6 Å². The molecule has 0 saturated heterocycles. The Labute approximate surface area is 144 Å². The molecule has 3 aromatic rings. The molecular weight excluding hydrogens is 345 g/mol. The Bertz CT molecular complexity index is 1070. The van der Waals surface area contributed by atoms with E-state index < -0.39 is 21.7 Å². The smallest absolute Gasteiger partial charge is 0.272 e. The number of aromatic amines is 1. The first-order chi connectivity index (χ1) is 11.8. The van der Waals surface area contributed by atoms with Gasteiger partial charge in [0, 0.05) is 16.6 Å². The summed E-state index contributed by atoms with van der Waals surface area (Å²) in [7, 11) is -2.32. The van der Waals surface area contributed by atoms with Crippen molar-refractivity contribution in [2.75, 3.05) is 12.4 Å². The summed E-state index contributed by atoms with van der Waals surface area (Å²) in [6.07, 6.45) is 0. The van der Waals surface area contributed by atoms with Gasteiger partial charge in [-0.15, -0.1) is 0 Å². The lowest BCUT2D eigenvalue weighted by Gasteiger charge is -2.10. The van der Waals surface area contributed by atoms with Crippen LogP contribution in [0.3, 0.4) is 0 Å². The Morgan fingerprint density at radius 3 is 2.60 bits per heavy atom. The van der Waals surface area contributed by atoms with E-state index in [0.29, 0.717) is 22.2 Å². The lowest BCUT2D eigenvalue weighted by atomic mass is 10.2. The van der Waals surface area contributed by atoms with Gasteiger partial charge >= 0.3 is 0 Å². The first-order valence-electron chi connectivity index (χ1n) is 7.44. The summed E-state index contributed by atoms with van der Waals surface area (Å²) in [5.41, 5.74) is 1.56. The van der Waals surface area contributed by atoms with Crippen LogP contribution >= 0.6 is 0 Å². The van der Waals surface area contributed by atoms with Gasteiger partial charge in [-0.1, -0.05) is 12.1 Å². The third kappa shape index (κ3) is 3.26. The van der Waals surface area contributed by atoms with Gasteiger partial charge in [0.15, 0.2) is 0 Å². The first kappa shape index (κ1) is 17.1. The van der Waals surface area contributed by atoms with Crippen LogP contribution in [0, 0.1) is 12.7 Å². The summed E-state index contributed by atoms with van der Waals surface area (Å²) in [6.45, 7) is 1.66. The molecule has 0 fully saturated rings. The number of carbonyl (C=O) groups excluding carboxylic acids is 1. The van der Waals surface area contributed by atoms with Gasteiger partial charge in [-0.25, -0.2) is 17.5 Å². The van der Waals surface area contributed by atoms with E-state index in [4.69, 9.17) is 0 Å². The zero-order valence-electron chi connectivity index (χ0n) is 13.6. The number of hydrogen-bond acceptors (Lipinski definition) is 3. The maximum absolute atomic E-state index is 13.7. The van der Waals surface area contributed by atoms with E-state index in [1.54, 1.807) is 31.2 Å². The number of benzene rings is 2. The van der Waals surface area contributed by atoms with Crippen molar-refractivity contribution in [3.63, 3.8) is 0 Å². The SMILES string of the molecule is CNS(=O)(=O)c1cc(NC(=O)c2cc3c(F)cccc3[nH]2)ccc1C. The molecule has 2 aromatic carbocycles. The van der Waals surface area contributed by atoms with Crippen molar-refractivity contribution in [3.05, 3.63) is 59.5 Å². The van der Waals surface area contributed by atoms with Gasteiger partial charge in [-0.2, -0.15) is 0 Å². The molecule has 1 aromatic heterocycles. The number of amides is 1. The van der Waals surface area contributed by atoms with Crippen molar-refractivity contribution in [2.45, 2.75) is 11.8 Å². The van der Waals surface area contributed by atoms with E-state index in [1.165, 1.54) is 25.2 Å². The molecule has 3 rings (SSSR count). The summed E-state index contributed by atoms with van der Waals surface area (Å²) in [6, 6.07) is 10.5. The molecule has 3 N–H and O–H groups in total. The summed E-state index contributed by atoms with van der Waals surface area (Å²) < 4.78 is 40.0. The van der Waals surface area contributed by atoms with Gasteiger partial charge in [0.2, 0.25) is 10.0 Å². The van der Waals surface area contributed by atoms with Gasteiger partial charge < -0.3 is 10.3 Å². The standard InChI is InChI=1S/C17H16FN3O3S/c1-10-6-7-11(8-16(10)25(23,24)19-2)20-17(22)15-9-12-13(18)4-3-5-14(12)21-15/h3-9,19,21H,1-2H3,(H,20,22). The minimum absolute atomic E-state index is 0.0792. The fourth-order valence-electron chi connectivity index (χ4n) is 2.52. The summed E-state index contributed by atoms with van der Waals surface area (Å²) in [4.78, 5) is 15.3. The van der Waals surface area contributed by atoms with Crippen molar-refractivity contribution in [2.24, 2.45) is 0 Å². The number of aromatic nitrogens is 1. The maximum Gasteiger partial charge on any atom is 0.272 e. The van der Waals surface area contributed by atoms with Crippen LogP contribution in [-0.2, 0) is 10.0 Å². The van der Waals surface area contributed by atoms with Gasteiger partial charge in [0.05, 0.1) is 4.90 Å². The second-order valence-corrected chi connectivity index (χ2v) is 7.38. The monoisotopic (exact) mass is 361 g/mol. The molecule has 0 atom stereocenters. The molecule has 0 aliphatic carbocycles. The number of fused-ring (bicyclic) bond motifs is 1. The number of aryl methyl sites for hydroxylation is 1. The van der Waals surface area contributed by atoms with Crippen LogP contribution in [0.25, 0.3) is 10.9 Å². The van der Waals surface area contributed by atoms with Crippen LogP contribution in [-0.4, -0.2) is 26.4 Å². The minimum Gasteiger partial charge on any atom is -0.350 e. The number of nitrogens with one attached hydrogen (secondary N) is 3. The third-order valence-electron chi connectivity index (χ3n) is 3.86. The van der Waals surface area contributed by atoms with Crippen LogP contribution in [0.2, 0.25) is 0 Å². The van der Waals surface area contributed by atoms with Crippen molar-refractivity contribution >= 4 is 32.5 Å². The molecule has 0 bridgehead atoms. The lowest BCUT2D eigenvalue weighted by Crippen LogP contribution is -2.20. The predicted molar refractivity (Wildman–Crippen MR) is 93.6 cm³/mol. The van der Waals surface area contributed by atoms with Crippen molar-refractivity contribution in [1.82, 2.24) is 9.71 Å².